The van der Waals surface area contributed by atoms with Crippen molar-refractivity contribution in [1.82, 2.24) is 25.9 Å². The largest absolute Gasteiger partial charge is 0.368 e. The zero-order chi connectivity index (χ0) is 38.8. The lowest BCUT2D eigenvalue weighted by Gasteiger charge is -2.23. The van der Waals surface area contributed by atoms with Gasteiger partial charge in [-0.15, -0.1) is 0 Å². The summed E-state index contributed by atoms with van der Waals surface area (Å²) >= 11 is 0. The highest BCUT2D eigenvalue weighted by molar-refractivity contribution is 6.04. The molecule has 5 rings (SSSR count). The first-order valence-corrected chi connectivity index (χ1v) is 17.8. The van der Waals surface area contributed by atoms with Crippen LogP contribution < -0.4 is 32.7 Å². The van der Waals surface area contributed by atoms with Crippen LogP contribution in [0.3, 0.4) is 0 Å². The van der Waals surface area contributed by atoms with Crippen LogP contribution in [0.5, 0.6) is 0 Å². The molecule has 13 nitrogen and oxygen atoms in total. The Morgan fingerprint density at radius 1 is 1.00 bits per heavy atom. The molecule has 5 amide bonds. The summed E-state index contributed by atoms with van der Waals surface area (Å²) in [5.74, 6) is 3.99. The van der Waals surface area contributed by atoms with Crippen molar-refractivity contribution in [3.8, 4) is 34.4 Å². The summed E-state index contributed by atoms with van der Waals surface area (Å²) in [5.41, 5.74) is 17.6. The molecule has 0 saturated carbocycles. The molecule has 1 aliphatic heterocycles. The minimum Gasteiger partial charge on any atom is -0.368 e. The molecule has 2 heterocycles. The molecule has 0 aliphatic carbocycles. The van der Waals surface area contributed by atoms with Gasteiger partial charge in [0, 0.05) is 35.7 Å². The van der Waals surface area contributed by atoms with Gasteiger partial charge in [0.1, 0.15) is 12.1 Å². The number of aryl methyl sites for hydroxylation is 2. The van der Waals surface area contributed by atoms with Crippen LogP contribution in [0.2, 0.25) is 0 Å². The van der Waals surface area contributed by atoms with Crippen LogP contribution in [0.1, 0.15) is 64.5 Å². The van der Waals surface area contributed by atoms with Crippen molar-refractivity contribution in [3.63, 3.8) is 0 Å². The molecule has 0 radical (unpaired) electrons. The predicted octanol–water partition coefficient (Wildman–Crippen LogP) is 2.85. The van der Waals surface area contributed by atoms with Gasteiger partial charge in [-0.25, -0.2) is 9.97 Å². The third-order valence-corrected chi connectivity index (χ3v) is 8.86. The van der Waals surface area contributed by atoms with Gasteiger partial charge < -0.3 is 32.7 Å². The molecule has 0 saturated heterocycles. The fourth-order valence-corrected chi connectivity index (χ4v) is 6.06. The highest BCUT2D eigenvalue weighted by Gasteiger charge is 2.26. The zero-order valence-corrected chi connectivity index (χ0v) is 30.5. The minimum atomic E-state index is -1.04. The smallest absolute Gasteiger partial charge is 0.255 e. The van der Waals surface area contributed by atoms with Crippen LogP contribution in [-0.4, -0.2) is 64.7 Å². The second kappa shape index (κ2) is 17.9. The molecule has 1 aliphatic rings. The van der Waals surface area contributed by atoms with Gasteiger partial charge in [-0.05, 0) is 85.8 Å². The summed E-state index contributed by atoms with van der Waals surface area (Å²) in [5, 5.41) is 11.0. The molecular formula is C41H44N8O5. The fourth-order valence-electron chi connectivity index (χ4n) is 6.06. The van der Waals surface area contributed by atoms with Crippen molar-refractivity contribution in [2.45, 2.75) is 65.0 Å². The number of rotatable bonds is 9. The number of carbonyl (C=O) groups excluding carboxylic acids is 5. The van der Waals surface area contributed by atoms with Gasteiger partial charge in [0.05, 0.1) is 29.9 Å². The predicted molar refractivity (Wildman–Crippen MR) is 206 cm³/mol. The fraction of sp³-hybridized carbons (Fsp3) is 0.293. The maximum Gasteiger partial charge on any atom is 0.255 e. The van der Waals surface area contributed by atoms with E-state index in [9.17, 15) is 24.0 Å². The summed E-state index contributed by atoms with van der Waals surface area (Å²) < 4.78 is 0. The maximum absolute atomic E-state index is 13.9. The number of nitrogens with two attached hydrogens (primary N) is 2. The van der Waals surface area contributed by atoms with E-state index in [-0.39, 0.29) is 43.8 Å². The summed E-state index contributed by atoms with van der Waals surface area (Å²) in [6.07, 6.45) is 3.47. The van der Waals surface area contributed by atoms with E-state index in [2.05, 4.69) is 50.0 Å². The molecule has 2 atom stereocenters. The molecular weight excluding hydrogens is 685 g/mol. The number of aromatic nitrogens is 2. The molecule has 4 aromatic rings. The lowest BCUT2D eigenvalue weighted by molar-refractivity contribution is -0.128. The van der Waals surface area contributed by atoms with Crippen molar-refractivity contribution in [2.75, 3.05) is 18.4 Å². The van der Waals surface area contributed by atoms with E-state index in [4.69, 9.17) is 11.5 Å². The van der Waals surface area contributed by atoms with Crippen molar-refractivity contribution in [3.05, 3.63) is 100 Å². The van der Waals surface area contributed by atoms with Gasteiger partial charge in [0.25, 0.3) is 5.91 Å². The van der Waals surface area contributed by atoms with E-state index < -0.39 is 35.7 Å². The Labute approximate surface area is 314 Å². The van der Waals surface area contributed by atoms with E-state index >= 15 is 0 Å². The molecule has 8 N–H and O–H groups in total. The van der Waals surface area contributed by atoms with Crippen molar-refractivity contribution in [2.24, 2.45) is 11.5 Å². The number of nitrogens with one attached hydrogen (secondary N) is 4. The Morgan fingerprint density at radius 3 is 2.48 bits per heavy atom. The van der Waals surface area contributed by atoms with Gasteiger partial charge in [-0.1, -0.05) is 49.1 Å². The second-order valence-electron chi connectivity index (χ2n) is 13.1. The van der Waals surface area contributed by atoms with E-state index in [0.29, 0.717) is 45.0 Å². The number of amides is 5. The minimum absolute atomic E-state index is 0.00392. The van der Waals surface area contributed by atoms with Gasteiger partial charge >= 0.3 is 0 Å². The van der Waals surface area contributed by atoms with Gasteiger partial charge in [-0.3, -0.25) is 24.0 Å². The Hall–Kier alpha value is -6.39. The van der Waals surface area contributed by atoms with Gasteiger partial charge in [0.2, 0.25) is 23.6 Å². The number of fused-ring (bicyclic) bond motifs is 5. The molecule has 0 spiro atoms. The average Bonchev–Trinajstić information content (AvgIpc) is 3.14. The summed E-state index contributed by atoms with van der Waals surface area (Å²) in [6, 6.07) is 16.4. The molecule has 13 heteroatoms. The monoisotopic (exact) mass is 728 g/mol. The number of nitrogens with zero attached hydrogens (tertiary/aromatic N) is 2. The van der Waals surface area contributed by atoms with Crippen molar-refractivity contribution >= 4 is 35.2 Å². The van der Waals surface area contributed by atoms with E-state index in [0.717, 1.165) is 24.0 Å². The lowest BCUT2D eigenvalue weighted by atomic mass is 9.93. The summed E-state index contributed by atoms with van der Waals surface area (Å²) in [4.78, 5) is 74.0. The van der Waals surface area contributed by atoms with Crippen molar-refractivity contribution < 1.29 is 24.0 Å². The number of primary amides is 1. The van der Waals surface area contributed by atoms with Crippen LogP contribution in [0.4, 0.5) is 5.69 Å². The number of unbranched alkanes of at least 4 members (excludes halogenated alkanes) is 1. The van der Waals surface area contributed by atoms with Crippen LogP contribution in [0.25, 0.3) is 22.5 Å². The zero-order valence-electron chi connectivity index (χ0n) is 30.5. The Kier molecular flexibility index (Phi) is 12.9. The van der Waals surface area contributed by atoms with Gasteiger partial charge in [0.15, 0.2) is 5.82 Å². The topological polar surface area (TPSA) is 211 Å². The number of hydrogen-bond acceptors (Lipinski definition) is 8. The normalized spacial score (nSPS) is 14.6. The van der Waals surface area contributed by atoms with E-state index in [1.54, 1.807) is 32.0 Å². The second-order valence-corrected chi connectivity index (χ2v) is 13.1. The molecule has 278 valence electrons. The number of hydrogen-bond donors (Lipinski definition) is 6. The van der Waals surface area contributed by atoms with Crippen LogP contribution in [-0.2, 0) is 32.0 Å². The first-order valence-electron chi connectivity index (χ1n) is 17.8. The molecule has 3 aromatic carbocycles. The van der Waals surface area contributed by atoms with Crippen LogP contribution in [0, 0.1) is 25.7 Å². The van der Waals surface area contributed by atoms with Crippen LogP contribution in [0.15, 0.2) is 66.9 Å². The average molecular weight is 729 g/mol. The highest BCUT2D eigenvalue weighted by atomic mass is 16.2. The van der Waals surface area contributed by atoms with E-state index in [1.807, 2.05) is 42.5 Å². The summed E-state index contributed by atoms with van der Waals surface area (Å²) in [6.45, 7) is 5.39. The highest BCUT2D eigenvalue weighted by Crippen LogP contribution is 2.34. The molecule has 54 heavy (non-hydrogen) atoms. The number of anilines is 1. The third kappa shape index (κ3) is 9.93. The Bertz CT molecular complexity index is 2140. The SMILES string of the molecule is CCCC#Cc1ccc(-c2ncc(C(=O)N[C@@H](CCN)C(=O)Nc3c(C)cc4cc3-c3cccc(c3)CC(=O)NCC(=O)NC(C(N)=O)C4)c(C)n2)cc1. The Balaban J connectivity index is 1.41. The number of carbonyl (C=O) groups is 5. The molecule has 0 fully saturated rings. The number of benzene rings is 3. The maximum atomic E-state index is 13.9. The summed E-state index contributed by atoms with van der Waals surface area (Å²) in [7, 11) is 0. The molecule has 1 unspecified atom stereocenters. The lowest BCUT2D eigenvalue weighted by Crippen LogP contribution is -2.49. The first kappa shape index (κ1) is 38.8. The van der Waals surface area contributed by atoms with Crippen molar-refractivity contribution in [1.29, 1.82) is 0 Å². The molecule has 1 aromatic heterocycles. The van der Waals surface area contributed by atoms with E-state index in [1.165, 1.54) is 6.20 Å². The third-order valence-electron chi connectivity index (χ3n) is 8.86. The Morgan fingerprint density at radius 2 is 1.78 bits per heavy atom. The van der Waals surface area contributed by atoms with Crippen LogP contribution >= 0.6 is 0 Å². The quantitative estimate of drug-likeness (QED) is 0.141. The molecule has 4 bridgehead atoms. The standard InChI is InChI=1S/C41H44N8O5/c1-4-5-6-8-26-11-13-29(14-12-26)39-45-22-32(25(3)46-39)40(53)48-33(15-16-42)41(54)49-37-24(2)17-28-19-31(37)30-10-7-9-27(18-30)21-35(50)44-23-36(51)47-34(20-28)38(43)52/h7,9-14,17-19,22,33-34H,4-5,15-16,20-21,23,42H2,1-3H3,(H2,43,52)(H,44,50)(H,47,51)(H,48,53)(H,49,54)/t33-,34?/m0/s1. The first-order chi connectivity index (χ1) is 25.9. The van der Waals surface area contributed by atoms with Gasteiger partial charge in [-0.2, -0.15) is 0 Å².